The van der Waals surface area contributed by atoms with Crippen LogP contribution in [-0.2, 0) is 9.59 Å². The first-order chi connectivity index (χ1) is 13.4. The van der Waals surface area contributed by atoms with E-state index in [-0.39, 0.29) is 11.8 Å². The maximum absolute atomic E-state index is 12.3. The summed E-state index contributed by atoms with van der Waals surface area (Å²) in [5, 5.41) is 5.58. The molecule has 2 amide bonds. The molecule has 0 atom stereocenters. The van der Waals surface area contributed by atoms with Gasteiger partial charge < -0.3 is 15.4 Å². The van der Waals surface area contributed by atoms with Gasteiger partial charge in [0.15, 0.2) is 0 Å². The van der Waals surface area contributed by atoms with Gasteiger partial charge in [0.25, 0.3) is 0 Å². The molecule has 0 fully saturated rings. The van der Waals surface area contributed by atoms with Crippen molar-refractivity contribution in [2.24, 2.45) is 0 Å². The van der Waals surface area contributed by atoms with Gasteiger partial charge in [0.2, 0.25) is 11.8 Å². The highest BCUT2D eigenvalue weighted by Crippen LogP contribution is 2.22. The minimum Gasteiger partial charge on any atom is -0.492 e. The number of ether oxygens (including phenoxy) is 1. The molecule has 0 aliphatic rings. The Morgan fingerprint density at radius 3 is 2.07 bits per heavy atom. The van der Waals surface area contributed by atoms with Gasteiger partial charge in [-0.3, -0.25) is 14.5 Å². The average Bonchev–Trinajstić information content (AvgIpc) is 2.64. The molecule has 150 valence electrons. The van der Waals surface area contributed by atoms with Gasteiger partial charge >= 0.3 is 0 Å². The fraction of sp³-hybridized carbons (Fsp3) is 0.364. The summed E-state index contributed by atoms with van der Waals surface area (Å²) in [6.45, 7) is 9.78. The number of rotatable bonds is 9. The largest absolute Gasteiger partial charge is 0.492 e. The van der Waals surface area contributed by atoms with Crippen molar-refractivity contribution in [3.05, 3.63) is 53.6 Å². The number of amides is 2. The molecule has 0 aliphatic carbocycles. The first kappa shape index (κ1) is 21.4. The lowest BCUT2D eigenvalue weighted by Crippen LogP contribution is -2.36. The van der Waals surface area contributed by atoms with E-state index in [0.29, 0.717) is 31.1 Å². The quantitative estimate of drug-likeness (QED) is 0.694. The maximum Gasteiger partial charge on any atom is 0.238 e. The van der Waals surface area contributed by atoms with Crippen molar-refractivity contribution in [2.75, 3.05) is 36.9 Å². The maximum atomic E-state index is 12.3. The molecule has 28 heavy (non-hydrogen) atoms. The number of nitrogens with one attached hydrogen (secondary N) is 2. The number of carbonyl (C=O) groups excluding carboxylic acids is 2. The highest BCUT2D eigenvalue weighted by atomic mass is 16.5. The second kappa shape index (κ2) is 10.5. The smallest absolute Gasteiger partial charge is 0.238 e. The van der Waals surface area contributed by atoms with E-state index in [0.717, 1.165) is 23.4 Å². The second-order valence-electron chi connectivity index (χ2n) is 6.74. The van der Waals surface area contributed by atoms with Gasteiger partial charge in [-0.05, 0) is 55.8 Å². The highest BCUT2D eigenvalue weighted by Gasteiger charge is 2.11. The number of likely N-dealkylation sites (N-methyl/N-ethyl adjacent to an activating group) is 1. The van der Waals surface area contributed by atoms with Gasteiger partial charge in [0.05, 0.1) is 6.54 Å². The van der Waals surface area contributed by atoms with Gasteiger partial charge in [-0.25, -0.2) is 0 Å². The summed E-state index contributed by atoms with van der Waals surface area (Å²) in [5.74, 6) is 0.710. The normalized spacial score (nSPS) is 10.6. The molecule has 0 saturated carbocycles. The van der Waals surface area contributed by atoms with E-state index in [9.17, 15) is 9.59 Å². The van der Waals surface area contributed by atoms with Crippen LogP contribution >= 0.6 is 0 Å². The number of carbonyl (C=O) groups is 2. The number of benzene rings is 2. The molecular weight excluding hydrogens is 354 g/mol. The number of para-hydroxylation sites is 1. The van der Waals surface area contributed by atoms with Crippen LogP contribution in [0.1, 0.15) is 25.0 Å². The van der Waals surface area contributed by atoms with Crippen molar-refractivity contribution < 1.29 is 14.3 Å². The molecule has 0 bridgehead atoms. The number of nitrogens with zero attached hydrogens (tertiary/aromatic N) is 1. The molecule has 2 aromatic rings. The Balaban J connectivity index is 1.81. The molecule has 0 heterocycles. The molecule has 0 saturated heterocycles. The summed E-state index contributed by atoms with van der Waals surface area (Å²) in [6, 6.07) is 13.1. The molecule has 2 N–H and O–H groups in total. The lowest BCUT2D eigenvalue weighted by molar-refractivity contribution is -0.117. The Bertz CT molecular complexity index is 783. The summed E-state index contributed by atoms with van der Waals surface area (Å²) in [5.41, 5.74) is 3.62. The lowest BCUT2D eigenvalue weighted by Gasteiger charge is -2.21. The number of hydrogen-bond acceptors (Lipinski definition) is 4. The van der Waals surface area contributed by atoms with Crippen LogP contribution in [0.3, 0.4) is 0 Å². The minimum absolute atomic E-state index is 0.0822. The van der Waals surface area contributed by atoms with Crippen LogP contribution in [0.15, 0.2) is 42.5 Å². The Morgan fingerprint density at radius 1 is 0.964 bits per heavy atom. The predicted molar refractivity (Wildman–Crippen MR) is 113 cm³/mol. The molecule has 0 aliphatic heterocycles. The zero-order valence-electron chi connectivity index (χ0n) is 17.0. The Morgan fingerprint density at radius 2 is 1.54 bits per heavy atom. The van der Waals surface area contributed by atoms with Crippen LogP contribution in [0.2, 0.25) is 0 Å². The van der Waals surface area contributed by atoms with E-state index in [4.69, 9.17) is 4.74 Å². The summed E-state index contributed by atoms with van der Waals surface area (Å²) >= 11 is 0. The van der Waals surface area contributed by atoms with Gasteiger partial charge in [0, 0.05) is 24.8 Å². The first-order valence-corrected chi connectivity index (χ1v) is 9.48. The fourth-order valence-corrected chi connectivity index (χ4v) is 2.90. The average molecular weight is 383 g/mol. The van der Waals surface area contributed by atoms with Crippen molar-refractivity contribution in [3.63, 3.8) is 0 Å². The zero-order valence-corrected chi connectivity index (χ0v) is 17.0. The van der Waals surface area contributed by atoms with Crippen molar-refractivity contribution in [1.82, 2.24) is 4.90 Å². The molecular formula is C22H29N3O3. The Labute approximate surface area is 166 Å². The summed E-state index contributed by atoms with van der Waals surface area (Å²) in [4.78, 5) is 25.4. The van der Waals surface area contributed by atoms with E-state index in [1.165, 1.54) is 6.92 Å². The summed E-state index contributed by atoms with van der Waals surface area (Å²) in [7, 11) is 0. The van der Waals surface area contributed by atoms with Gasteiger partial charge in [-0.15, -0.1) is 0 Å². The molecule has 0 spiro atoms. The van der Waals surface area contributed by atoms with E-state index >= 15 is 0 Å². The standard InChI is InChI=1S/C22H29N3O3/c1-5-25(13-14-28-22-16(2)7-6-8-17(22)3)15-21(27)24-20-11-9-19(10-12-20)23-18(4)26/h6-12H,5,13-15H2,1-4H3,(H,23,26)(H,24,27). The summed E-state index contributed by atoms with van der Waals surface area (Å²) in [6.07, 6.45) is 0. The van der Waals surface area contributed by atoms with Gasteiger partial charge in [-0.1, -0.05) is 25.1 Å². The number of aryl methyl sites for hydroxylation is 2. The highest BCUT2D eigenvalue weighted by molar-refractivity contribution is 5.93. The van der Waals surface area contributed by atoms with Crippen LogP contribution < -0.4 is 15.4 Å². The monoisotopic (exact) mass is 383 g/mol. The zero-order chi connectivity index (χ0) is 20.5. The van der Waals surface area contributed by atoms with Crippen LogP contribution in [0.4, 0.5) is 11.4 Å². The van der Waals surface area contributed by atoms with Crippen LogP contribution in [0.5, 0.6) is 5.75 Å². The van der Waals surface area contributed by atoms with Crippen LogP contribution in [0, 0.1) is 13.8 Å². The minimum atomic E-state index is -0.126. The second-order valence-corrected chi connectivity index (χ2v) is 6.74. The van der Waals surface area contributed by atoms with Crippen LogP contribution in [0.25, 0.3) is 0 Å². The van der Waals surface area contributed by atoms with Crippen molar-refractivity contribution >= 4 is 23.2 Å². The van der Waals surface area contributed by atoms with E-state index < -0.39 is 0 Å². The Hall–Kier alpha value is -2.86. The molecule has 0 radical (unpaired) electrons. The SMILES string of the molecule is CCN(CCOc1c(C)cccc1C)CC(=O)Nc1ccc(NC(C)=O)cc1. The number of hydrogen-bond donors (Lipinski definition) is 2. The molecule has 2 rings (SSSR count). The van der Waals surface area contributed by atoms with Crippen molar-refractivity contribution in [3.8, 4) is 5.75 Å². The third-order valence-electron chi connectivity index (χ3n) is 4.37. The van der Waals surface area contributed by atoms with Gasteiger partial charge in [0.1, 0.15) is 12.4 Å². The fourth-order valence-electron chi connectivity index (χ4n) is 2.90. The molecule has 0 aromatic heterocycles. The molecule has 0 unspecified atom stereocenters. The van der Waals surface area contributed by atoms with E-state index in [1.807, 2.05) is 43.9 Å². The summed E-state index contributed by atoms with van der Waals surface area (Å²) < 4.78 is 5.94. The number of anilines is 2. The van der Waals surface area contributed by atoms with Crippen molar-refractivity contribution in [1.29, 1.82) is 0 Å². The first-order valence-electron chi connectivity index (χ1n) is 9.48. The van der Waals surface area contributed by atoms with Gasteiger partial charge in [-0.2, -0.15) is 0 Å². The van der Waals surface area contributed by atoms with E-state index in [2.05, 4.69) is 10.6 Å². The van der Waals surface area contributed by atoms with Crippen molar-refractivity contribution in [2.45, 2.75) is 27.7 Å². The molecule has 2 aromatic carbocycles. The third kappa shape index (κ3) is 6.70. The molecule has 6 heteroatoms. The molecule has 6 nitrogen and oxygen atoms in total. The van der Waals surface area contributed by atoms with Crippen LogP contribution in [-0.4, -0.2) is 43.0 Å². The topological polar surface area (TPSA) is 70.7 Å². The predicted octanol–water partition coefficient (Wildman–Crippen LogP) is 3.60. The Kier molecular flexibility index (Phi) is 8.02. The van der Waals surface area contributed by atoms with E-state index in [1.54, 1.807) is 24.3 Å². The third-order valence-corrected chi connectivity index (χ3v) is 4.37. The lowest BCUT2D eigenvalue weighted by atomic mass is 10.1.